The zero-order valence-electron chi connectivity index (χ0n) is 16.3. The number of carbonyl (C=O) groups excluding carboxylic acids is 2. The van der Waals surface area contributed by atoms with E-state index in [0.29, 0.717) is 13.0 Å². The van der Waals surface area contributed by atoms with Gasteiger partial charge in [-0.25, -0.2) is 0 Å². The number of rotatable bonds is 7. The van der Waals surface area contributed by atoms with Crippen LogP contribution in [0.2, 0.25) is 0 Å². The average Bonchev–Trinajstić information content (AvgIpc) is 2.72. The van der Waals surface area contributed by atoms with Gasteiger partial charge < -0.3 is 10.6 Å². The van der Waals surface area contributed by atoms with Gasteiger partial charge in [-0.05, 0) is 60.4 Å². The lowest BCUT2D eigenvalue weighted by Crippen LogP contribution is -2.27. The summed E-state index contributed by atoms with van der Waals surface area (Å²) in [5.74, 6) is -0.200. The van der Waals surface area contributed by atoms with Crippen molar-refractivity contribution in [3.05, 3.63) is 70.3 Å². The van der Waals surface area contributed by atoms with Gasteiger partial charge >= 0.3 is 0 Å². The molecule has 1 unspecified atom stereocenters. The Hall–Kier alpha value is -2.33. The largest absolute Gasteiger partial charge is 0.352 e. The van der Waals surface area contributed by atoms with Crippen molar-refractivity contribution in [3.8, 4) is 0 Å². The Balaban J connectivity index is 1.50. The molecule has 1 aliphatic rings. The Labute approximate surface area is 171 Å². The highest BCUT2D eigenvalue weighted by Crippen LogP contribution is 2.22. The van der Waals surface area contributed by atoms with Gasteiger partial charge in [0, 0.05) is 6.54 Å². The molecule has 0 radical (unpaired) electrons. The molecule has 3 rings (SSSR count). The fraction of sp³-hybridized carbons (Fsp3) is 0.391. The van der Waals surface area contributed by atoms with Crippen LogP contribution in [0.1, 0.15) is 53.6 Å². The van der Waals surface area contributed by atoms with E-state index < -0.39 is 0 Å². The quantitative estimate of drug-likeness (QED) is 0.696. The smallest absolute Gasteiger partial charge is 0.235 e. The van der Waals surface area contributed by atoms with E-state index in [1.165, 1.54) is 24.0 Å². The summed E-state index contributed by atoms with van der Waals surface area (Å²) in [5.41, 5.74) is 5.95. The molecule has 0 saturated carbocycles. The Kier molecular flexibility index (Phi) is 7.10. The number of halogens is 1. The van der Waals surface area contributed by atoms with Crippen LogP contribution in [0.3, 0.4) is 0 Å². The monoisotopic (exact) mass is 398 g/mol. The maximum absolute atomic E-state index is 12.3. The van der Waals surface area contributed by atoms with Crippen LogP contribution in [0, 0.1) is 0 Å². The predicted molar refractivity (Wildman–Crippen MR) is 112 cm³/mol. The number of carbonyl (C=O) groups is 2. The Morgan fingerprint density at radius 2 is 1.64 bits per heavy atom. The van der Waals surface area contributed by atoms with Crippen molar-refractivity contribution in [1.29, 1.82) is 0 Å². The molecular weight excluding hydrogens is 372 g/mol. The van der Waals surface area contributed by atoms with Crippen molar-refractivity contribution >= 4 is 23.4 Å². The van der Waals surface area contributed by atoms with E-state index in [2.05, 4.69) is 28.8 Å². The molecule has 2 aromatic rings. The summed E-state index contributed by atoms with van der Waals surface area (Å²) in [6, 6.07) is 14.2. The molecule has 1 aliphatic carbocycles. The third-order valence-corrected chi connectivity index (χ3v) is 5.49. The number of fused-ring (bicyclic) bond motifs is 1. The SMILES string of the molecule is CC(NC(=O)CCl)c1ccc(CNC(=O)Cc2ccc3c(c2)CCCC3)cc1. The number of nitrogens with one attached hydrogen (secondary N) is 2. The molecule has 148 valence electrons. The Morgan fingerprint density at radius 3 is 2.36 bits per heavy atom. The second-order valence-corrected chi connectivity index (χ2v) is 7.70. The lowest BCUT2D eigenvalue weighted by Gasteiger charge is -2.16. The van der Waals surface area contributed by atoms with Gasteiger partial charge in [-0.3, -0.25) is 9.59 Å². The third kappa shape index (κ3) is 5.59. The van der Waals surface area contributed by atoms with Gasteiger partial charge in [0.15, 0.2) is 0 Å². The van der Waals surface area contributed by atoms with E-state index in [1.54, 1.807) is 0 Å². The first kappa shape index (κ1) is 20.4. The van der Waals surface area contributed by atoms with Gasteiger partial charge in [-0.2, -0.15) is 0 Å². The average molecular weight is 399 g/mol. The van der Waals surface area contributed by atoms with Crippen LogP contribution in [-0.4, -0.2) is 17.7 Å². The van der Waals surface area contributed by atoms with Crippen molar-refractivity contribution < 1.29 is 9.59 Å². The van der Waals surface area contributed by atoms with Gasteiger partial charge in [0.05, 0.1) is 12.5 Å². The summed E-state index contributed by atoms with van der Waals surface area (Å²) in [4.78, 5) is 23.7. The summed E-state index contributed by atoms with van der Waals surface area (Å²) < 4.78 is 0. The molecule has 2 aromatic carbocycles. The van der Waals surface area contributed by atoms with E-state index in [9.17, 15) is 9.59 Å². The van der Waals surface area contributed by atoms with Crippen molar-refractivity contribution in [2.75, 3.05) is 5.88 Å². The highest BCUT2D eigenvalue weighted by atomic mass is 35.5. The number of amides is 2. The lowest BCUT2D eigenvalue weighted by atomic mass is 9.90. The highest BCUT2D eigenvalue weighted by Gasteiger charge is 2.12. The van der Waals surface area contributed by atoms with Gasteiger partial charge in [0.25, 0.3) is 0 Å². The van der Waals surface area contributed by atoms with Crippen molar-refractivity contribution in [3.63, 3.8) is 0 Å². The van der Waals surface area contributed by atoms with E-state index in [0.717, 1.165) is 29.5 Å². The number of benzene rings is 2. The van der Waals surface area contributed by atoms with Crippen molar-refractivity contribution in [1.82, 2.24) is 10.6 Å². The van der Waals surface area contributed by atoms with E-state index in [-0.39, 0.29) is 23.7 Å². The number of aryl methyl sites for hydroxylation is 2. The van der Waals surface area contributed by atoms with E-state index >= 15 is 0 Å². The maximum atomic E-state index is 12.3. The summed E-state index contributed by atoms with van der Waals surface area (Å²) in [6.45, 7) is 2.41. The Morgan fingerprint density at radius 1 is 0.964 bits per heavy atom. The summed E-state index contributed by atoms with van der Waals surface area (Å²) in [6.07, 6.45) is 5.20. The normalized spacial score (nSPS) is 14.1. The summed E-state index contributed by atoms with van der Waals surface area (Å²) in [5, 5.41) is 5.82. The fourth-order valence-electron chi connectivity index (χ4n) is 3.63. The molecule has 0 aromatic heterocycles. The molecule has 0 fully saturated rings. The first-order chi connectivity index (χ1) is 13.5. The van der Waals surface area contributed by atoms with Crippen molar-refractivity contribution in [2.45, 2.75) is 51.6 Å². The molecule has 0 bridgehead atoms. The van der Waals surface area contributed by atoms with Crippen LogP contribution >= 0.6 is 11.6 Å². The van der Waals surface area contributed by atoms with Gasteiger partial charge in [0.1, 0.15) is 5.88 Å². The van der Waals surface area contributed by atoms with Gasteiger partial charge in [-0.1, -0.05) is 42.5 Å². The van der Waals surface area contributed by atoms with Crippen LogP contribution in [0.25, 0.3) is 0 Å². The Bertz CT molecular complexity index is 833. The number of hydrogen-bond donors (Lipinski definition) is 2. The number of hydrogen-bond acceptors (Lipinski definition) is 2. The summed E-state index contributed by atoms with van der Waals surface area (Å²) in [7, 11) is 0. The summed E-state index contributed by atoms with van der Waals surface area (Å²) >= 11 is 5.52. The number of alkyl halides is 1. The molecule has 1 atom stereocenters. The maximum Gasteiger partial charge on any atom is 0.235 e. The molecule has 5 heteroatoms. The minimum atomic E-state index is -0.187. The minimum absolute atomic E-state index is 0.0302. The molecule has 2 N–H and O–H groups in total. The van der Waals surface area contributed by atoms with Crippen LogP contribution in [0.15, 0.2) is 42.5 Å². The lowest BCUT2D eigenvalue weighted by molar-refractivity contribution is -0.121. The molecule has 2 amide bonds. The first-order valence-corrected chi connectivity index (χ1v) is 10.4. The molecular formula is C23H27ClN2O2. The minimum Gasteiger partial charge on any atom is -0.352 e. The van der Waals surface area contributed by atoms with Crippen LogP contribution < -0.4 is 10.6 Å². The third-order valence-electron chi connectivity index (χ3n) is 5.25. The zero-order chi connectivity index (χ0) is 19.9. The van der Waals surface area contributed by atoms with Crippen LogP contribution in [0.4, 0.5) is 0 Å². The van der Waals surface area contributed by atoms with Gasteiger partial charge in [-0.15, -0.1) is 11.6 Å². The van der Waals surface area contributed by atoms with Crippen LogP contribution in [-0.2, 0) is 35.4 Å². The van der Waals surface area contributed by atoms with E-state index in [4.69, 9.17) is 11.6 Å². The molecule has 4 nitrogen and oxygen atoms in total. The van der Waals surface area contributed by atoms with Gasteiger partial charge in [0.2, 0.25) is 11.8 Å². The molecule has 28 heavy (non-hydrogen) atoms. The molecule has 0 aliphatic heterocycles. The van der Waals surface area contributed by atoms with Crippen LogP contribution in [0.5, 0.6) is 0 Å². The molecule has 0 spiro atoms. The fourth-order valence-corrected chi connectivity index (χ4v) is 3.71. The topological polar surface area (TPSA) is 58.2 Å². The first-order valence-electron chi connectivity index (χ1n) is 9.86. The zero-order valence-corrected chi connectivity index (χ0v) is 17.0. The van der Waals surface area contributed by atoms with E-state index in [1.807, 2.05) is 31.2 Å². The standard InChI is InChI=1S/C23H27ClN2O2/c1-16(26-23(28)14-24)19-9-6-17(7-10-19)15-25-22(27)13-18-8-11-20-4-2-3-5-21(20)12-18/h6-12,16H,2-5,13-15H2,1H3,(H,25,27)(H,26,28). The highest BCUT2D eigenvalue weighted by molar-refractivity contribution is 6.27. The molecule has 0 saturated heterocycles. The second kappa shape index (κ2) is 9.74. The van der Waals surface area contributed by atoms with Crippen molar-refractivity contribution in [2.24, 2.45) is 0 Å². The second-order valence-electron chi connectivity index (χ2n) is 7.43. The predicted octanol–water partition coefficient (Wildman–Crippen LogP) is 3.84. The molecule has 0 heterocycles.